The number of rotatable bonds is 6. The zero-order valence-corrected chi connectivity index (χ0v) is 18.0. The second kappa shape index (κ2) is 7.67. The van der Waals surface area contributed by atoms with Gasteiger partial charge in [-0.05, 0) is 50.4 Å². The van der Waals surface area contributed by atoms with Crippen LogP contribution in [0.2, 0.25) is 0 Å². The molecule has 5 rings (SSSR count). The van der Waals surface area contributed by atoms with Gasteiger partial charge in [-0.3, -0.25) is 14.8 Å². The number of benzene rings is 1. The monoisotopic (exact) mass is 424 g/mol. The Bertz CT molecular complexity index is 1000. The Labute approximate surface area is 181 Å². The molecule has 8 heteroatoms. The van der Waals surface area contributed by atoms with Crippen LogP contribution in [0.4, 0.5) is 0 Å². The number of nitrogens with zero attached hydrogens (tertiary/aromatic N) is 3. The Balaban J connectivity index is 1.40. The lowest BCUT2D eigenvalue weighted by molar-refractivity contribution is -0.137. The zero-order valence-electron chi connectivity index (χ0n) is 18.0. The van der Waals surface area contributed by atoms with Gasteiger partial charge in [-0.2, -0.15) is 5.10 Å². The molecule has 164 valence electrons. The SMILES string of the molecule is CCOC(=O)c1[nH]ncc1[C@@H]1C[C@H]2CN(Cc3cccc(OC)c3)C(=O)[C@]23CCCN13. The van der Waals surface area contributed by atoms with Crippen molar-refractivity contribution in [1.29, 1.82) is 0 Å². The van der Waals surface area contributed by atoms with E-state index in [0.717, 1.165) is 49.2 Å². The van der Waals surface area contributed by atoms with Gasteiger partial charge in [0.1, 0.15) is 17.0 Å². The van der Waals surface area contributed by atoms with E-state index in [4.69, 9.17) is 9.47 Å². The van der Waals surface area contributed by atoms with E-state index in [2.05, 4.69) is 15.1 Å². The minimum Gasteiger partial charge on any atom is -0.497 e. The molecular weight excluding hydrogens is 396 g/mol. The Morgan fingerprint density at radius 2 is 2.26 bits per heavy atom. The van der Waals surface area contributed by atoms with E-state index in [9.17, 15) is 9.59 Å². The fraction of sp³-hybridized carbons (Fsp3) is 0.522. The molecule has 1 aromatic carbocycles. The van der Waals surface area contributed by atoms with Crippen LogP contribution in [0, 0.1) is 5.92 Å². The molecule has 3 fully saturated rings. The molecule has 4 heterocycles. The van der Waals surface area contributed by atoms with Gasteiger partial charge in [0, 0.05) is 30.6 Å². The van der Waals surface area contributed by atoms with Crippen LogP contribution in [-0.4, -0.2) is 64.2 Å². The number of likely N-dealkylation sites (tertiary alicyclic amines) is 1. The maximum atomic E-state index is 13.7. The Kier molecular flexibility index (Phi) is 4.97. The summed E-state index contributed by atoms with van der Waals surface area (Å²) >= 11 is 0. The number of carbonyl (C=O) groups excluding carboxylic acids is 2. The number of nitrogens with one attached hydrogen (secondary N) is 1. The molecule has 1 N–H and O–H groups in total. The van der Waals surface area contributed by atoms with Crippen LogP contribution >= 0.6 is 0 Å². The number of methoxy groups -OCH3 is 1. The standard InChI is InChI=1S/C23H28N4O4/c1-3-31-21(28)20-18(12-24-25-20)19-11-16-14-26(13-15-6-4-7-17(10-15)30-2)22(29)23(16)8-5-9-27(19)23/h4,6-7,10,12,16,19H,3,5,8-9,11,13-14H2,1-2H3,(H,24,25)/t16-,19-,23-/m0/s1. The van der Waals surface area contributed by atoms with Gasteiger partial charge in [-0.25, -0.2) is 4.79 Å². The summed E-state index contributed by atoms with van der Waals surface area (Å²) in [5, 5.41) is 6.94. The molecule has 2 aromatic rings. The number of aromatic nitrogens is 2. The maximum absolute atomic E-state index is 13.7. The van der Waals surface area contributed by atoms with Gasteiger partial charge < -0.3 is 14.4 Å². The lowest BCUT2D eigenvalue weighted by atomic mass is 9.85. The van der Waals surface area contributed by atoms with Gasteiger partial charge in [-0.1, -0.05) is 12.1 Å². The largest absolute Gasteiger partial charge is 0.497 e. The molecule has 31 heavy (non-hydrogen) atoms. The quantitative estimate of drug-likeness (QED) is 0.717. The first-order chi connectivity index (χ1) is 15.1. The summed E-state index contributed by atoms with van der Waals surface area (Å²) in [4.78, 5) is 30.4. The van der Waals surface area contributed by atoms with Crippen LogP contribution < -0.4 is 4.74 Å². The summed E-state index contributed by atoms with van der Waals surface area (Å²) in [7, 11) is 1.65. The second-order valence-corrected chi connectivity index (χ2v) is 8.63. The molecule has 3 aliphatic rings. The predicted molar refractivity (Wildman–Crippen MR) is 112 cm³/mol. The number of esters is 1. The van der Waals surface area contributed by atoms with Gasteiger partial charge in [0.2, 0.25) is 5.91 Å². The minimum absolute atomic E-state index is 0.00794. The number of hydrogen-bond acceptors (Lipinski definition) is 6. The van der Waals surface area contributed by atoms with Crippen molar-refractivity contribution < 1.29 is 19.1 Å². The van der Waals surface area contributed by atoms with E-state index in [-0.39, 0.29) is 23.8 Å². The Morgan fingerprint density at radius 1 is 1.39 bits per heavy atom. The molecule has 3 aliphatic heterocycles. The smallest absolute Gasteiger partial charge is 0.356 e. The van der Waals surface area contributed by atoms with E-state index in [0.29, 0.717) is 18.8 Å². The first-order valence-electron chi connectivity index (χ1n) is 11.0. The number of hydrogen-bond donors (Lipinski definition) is 1. The molecule has 0 bridgehead atoms. The predicted octanol–water partition coefficient (Wildman–Crippen LogP) is 2.53. The van der Waals surface area contributed by atoms with Gasteiger partial charge >= 0.3 is 5.97 Å². The average molecular weight is 425 g/mol. The van der Waals surface area contributed by atoms with Crippen molar-refractivity contribution in [3.05, 3.63) is 47.3 Å². The van der Waals surface area contributed by atoms with E-state index in [1.807, 2.05) is 29.2 Å². The van der Waals surface area contributed by atoms with Crippen molar-refractivity contribution in [3.8, 4) is 5.75 Å². The van der Waals surface area contributed by atoms with Crippen molar-refractivity contribution in [3.63, 3.8) is 0 Å². The fourth-order valence-electron chi connectivity index (χ4n) is 5.92. The lowest BCUT2D eigenvalue weighted by Crippen LogP contribution is -2.49. The van der Waals surface area contributed by atoms with Crippen molar-refractivity contribution in [1.82, 2.24) is 20.0 Å². The first-order valence-corrected chi connectivity index (χ1v) is 11.0. The molecule has 8 nitrogen and oxygen atoms in total. The van der Waals surface area contributed by atoms with Crippen LogP contribution in [0.3, 0.4) is 0 Å². The molecule has 3 saturated heterocycles. The number of H-pyrrole nitrogens is 1. The topological polar surface area (TPSA) is 87.8 Å². The molecule has 3 atom stereocenters. The highest BCUT2D eigenvalue weighted by molar-refractivity contribution is 5.91. The summed E-state index contributed by atoms with van der Waals surface area (Å²) in [6.45, 7) is 4.28. The van der Waals surface area contributed by atoms with Crippen LogP contribution in [0.25, 0.3) is 0 Å². The van der Waals surface area contributed by atoms with Gasteiger partial charge in [0.05, 0.1) is 19.9 Å². The van der Waals surface area contributed by atoms with Crippen molar-refractivity contribution in [2.45, 2.75) is 44.3 Å². The summed E-state index contributed by atoms with van der Waals surface area (Å²) in [6, 6.07) is 7.91. The number of carbonyl (C=O) groups is 2. The molecule has 1 amide bonds. The van der Waals surface area contributed by atoms with Crippen molar-refractivity contribution >= 4 is 11.9 Å². The number of ether oxygens (including phenoxy) is 2. The minimum atomic E-state index is -0.466. The normalized spacial score (nSPS) is 27.4. The second-order valence-electron chi connectivity index (χ2n) is 8.63. The van der Waals surface area contributed by atoms with Gasteiger partial charge in [0.15, 0.2) is 0 Å². The summed E-state index contributed by atoms with van der Waals surface area (Å²) in [6.07, 6.45) is 4.42. The van der Waals surface area contributed by atoms with Gasteiger partial charge in [-0.15, -0.1) is 0 Å². The molecule has 1 aromatic heterocycles. The highest BCUT2D eigenvalue weighted by Gasteiger charge is 2.65. The Morgan fingerprint density at radius 3 is 3.06 bits per heavy atom. The summed E-state index contributed by atoms with van der Waals surface area (Å²) in [5.74, 6) is 0.868. The fourth-order valence-corrected chi connectivity index (χ4v) is 5.92. The molecule has 1 spiro atoms. The van der Waals surface area contributed by atoms with E-state index >= 15 is 0 Å². The molecule has 0 radical (unpaired) electrons. The van der Waals surface area contributed by atoms with Crippen LogP contribution in [0.1, 0.15) is 53.8 Å². The first kappa shape index (κ1) is 20.1. The highest BCUT2D eigenvalue weighted by atomic mass is 16.5. The third kappa shape index (κ3) is 3.04. The van der Waals surface area contributed by atoms with Crippen LogP contribution in [0.15, 0.2) is 30.5 Å². The van der Waals surface area contributed by atoms with E-state index in [1.165, 1.54) is 0 Å². The zero-order chi connectivity index (χ0) is 21.6. The lowest BCUT2D eigenvalue weighted by Gasteiger charge is -2.33. The molecule has 0 unspecified atom stereocenters. The van der Waals surface area contributed by atoms with Gasteiger partial charge in [0.25, 0.3) is 0 Å². The number of amides is 1. The summed E-state index contributed by atoms with van der Waals surface area (Å²) in [5.41, 5.74) is 1.87. The van der Waals surface area contributed by atoms with Crippen molar-refractivity contribution in [2.24, 2.45) is 5.92 Å². The third-order valence-electron chi connectivity index (χ3n) is 7.14. The van der Waals surface area contributed by atoms with Crippen molar-refractivity contribution in [2.75, 3.05) is 26.8 Å². The Hall–Kier alpha value is -2.87. The molecular formula is C23H28N4O4. The van der Waals surface area contributed by atoms with Crippen LogP contribution in [0.5, 0.6) is 5.75 Å². The molecule has 0 aliphatic carbocycles. The van der Waals surface area contributed by atoms with E-state index < -0.39 is 5.54 Å². The third-order valence-corrected chi connectivity index (χ3v) is 7.14. The maximum Gasteiger partial charge on any atom is 0.356 e. The molecule has 0 saturated carbocycles. The summed E-state index contributed by atoms with van der Waals surface area (Å²) < 4.78 is 10.5. The highest BCUT2D eigenvalue weighted by Crippen LogP contribution is 2.56. The van der Waals surface area contributed by atoms with E-state index in [1.54, 1.807) is 20.2 Å². The number of aromatic amines is 1. The average Bonchev–Trinajstić information content (AvgIpc) is 3.52. The van der Waals surface area contributed by atoms with Crippen LogP contribution in [-0.2, 0) is 16.1 Å².